The third-order valence-electron chi connectivity index (χ3n) is 6.11. The van der Waals surface area contributed by atoms with E-state index in [1.165, 1.54) is 13.5 Å². The number of ether oxygens (including phenoxy) is 1. The second-order valence-electron chi connectivity index (χ2n) is 8.23. The molecule has 0 bridgehead atoms. The number of methoxy groups -OCH3 is 1. The molecule has 0 N–H and O–H groups in total. The number of carbonyl (C=O) groups is 2. The Morgan fingerprint density at radius 2 is 1.89 bits per heavy atom. The second kappa shape index (κ2) is 8.28. The molecule has 1 amide bonds. The van der Waals surface area contributed by atoms with Crippen LogP contribution in [0.2, 0.25) is 0 Å². The first-order chi connectivity index (χ1) is 12.9. The van der Waals surface area contributed by atoms with Crippen molar-refractivity contribution in [3.05, 3.63) is 23.9 Å². The standard InChI is InChI=1S/C21H31N3O3/c1-21(2,20(26)27-3)16-9-8-14-24(15-16)18-17(10-7-11-22-18)19(25)23-12-5-4-6-13-23/h7,10-11,16H,4-6,8-9,12-15H2,1-3H3. The van der Waals surface area contributed by atoms with E-state index in [4.69, 9.17) is 4.74 Å². The number of pyridine rings is 1. The van der Waals surface area contributed by atoms with E-state index in [2.05, 4.69) is 9.88 Å². The van der Waals surface area contributed by atoms with Gasteiger partial charge in [0.1, 0.15) is 5.82 Å². The Morgan fingerprint density at radius 3 is 2.59 bits per heavy atom. The zero-order valence-corrected chi connectivity index (χ0v) is 16.7. The smallest absolute Gasteiger partial charge is 0.311 e. The molecule has 1 aromatic rings. The van der Waals surface area contributed by atoms with E-state index in [1.807, 2.05) is 30.9 Å². The van der Waals surface area contributed by atoms with Crippen LogP contribution in [0.5, 0.6) is 0 Å². The Kier molecular flexibility index (Phi) is 6.02. The van der Waals surface area contributed by atoms with E-state index in [0.717, 1.165) is 51.1 Å². The summed E-state index contributed by atoms with van der Waals surface area (Å²) in [5.74, 6) is 0.809. The Hall–Kier alpha value is -2.11. The van der Waals surface area contributed by atoms with Crippen molar-refractivity contribution in [3.8, 4) is 0 Å². The lowest BCUT2D eigenvalue weighted by Crippen LogP contribution is -2.46. The van der Waals surface area contributed by atoms with Gasteiger partial charge >= 0.3 is 5.97 Å². The molecule has 0 aliphatic carbocycles. The molecule has 148 valence electrons. The normalized spacial score (nSPS) is 21.1. The number of hydrogen-bond acceptors (Lipinski definition) is 5. The Bertz CT molecular complexity index is 683. The highest BCUT2D eigenvalue weighted by molar-refractivity contribution is 5.99. The summed E-state index contributed by atoms with van der Waals surface area (Å²) >= 11 is 0. The van der Waals surface area contributed by atoms with E-state index in [1.54, 1.807) is 6.20 Å². The van der Waals surface area contributed by atoms with Gasteiger partial charge in [-0.3, -0.25) is 9.59 Å². The molecule has 1 unspecified atom stereocenters. The van der Waals surface area contributed by atoms with Gasteiger partial charge in [-0.25, -0.2) is 4.98 Å². The summed E-state index contributed by atoms with van der Waals surface area (Å²) in [7, 11) is 1.44. The number of piperidine rings is 2. The minimum Gasteiger partial charge on any atom is -0.469 e. The number of rotatable bonds is 4. The van der Waals surface area contributed by atoms with Crippen LogP contribution < -0.4 is 4.90 Å². The summed E-state index contributed by atoms with van der Waals surface area (Å²) in [6.45, 7) is 7.11. The maximum atomic E-state index is 13.1. The average molecular weight is 373 g/mol. The van der Waals surface area contributed by atoms with E-state index in [-0.39, 0.29) is 17.8 Å². The fourth-order valence-electron chi connectivity index (χ4n) is 4.27. The number of nitrogens with zero attached hydrogens (tertiary/aromatic N) is 3. The number of aromatic nitrogens is 1. The number of esters is 1. The molecule has 6 heteroatoms. The summed E-state index contributed by atoms with van der Waals surface area (Å²) in [5, 5.41) is 0. The van der Waals surface area contributed by atoms with Crippen molar-refractivity contribution in [2.24, 2.45) is 11.3 Å². The van der Waals surface area contributed by atoms with Gasteiger partial charge in [0.2, 0.25) is 0 Å². The number of anilines is 1. The lowest BCUT2D eigenvalue weighted by Gasteiger charge is -2.41. The largest absolute Gasteiger partial charge is 0.469 e. The van der Waals surface area contributed by atoms with Crippen LogP contribution in [0.3, 0.4) is 0 Å². The molecular formula is C21H31N3O3. The van der Waals surface area contributed by atoms with Gasteiger partial charge in [0, 0.05) is 32.4 Å². The van der Waals surface area contributed by atoms with Crippen molar-refractivity contribution in [2.75, 3.05) is 38.2 Å². The van der Waals surface area contributed by atoms with Crippen LogP contribution in [0.25, 0.3) is 0 Å². The molecule has 2 aliphatic heterocycles. The van der Waals surface area contributed by atoms with Crippen molar-refractivity contribution >= 4 is 17.7 Å². The Labute approximate surface area is 161 Å². The molecule has 2 aliphatic rings. The van der Waals surface area contributed by atoms with Crippen molar-refractivity contribution in [1.82, 2.24) is 9.88 Å². The molecule has 0 saturated carbocycles. The van der Waals surface area contributed by atoms with Gasteiger partial charge in [0.15, 0.2) is 0 Å². The minimum absolute atomic E-state index is 0.0761. The lowest BCUT2D eigenvalue weighted by molar-refractivity contribution is -0.154. The molecule has 1 atom stereocenters. The molecule has 3 rings (SSSR count). The van der Waals surface area contributed by atoms with Crippen molar-refractivity contribution in [2.45, 2.75) is 46.0 Å². The molecule has 27 heavy (non-hydrogen) atoms. The molecule has 6 nitrogen and oxygen atoms in total. The molecule has 0 radical (unpaired) electrons. The van der Waals surface area contributed by atoms with Gasteiger partial charge in [0.25, 0.3) is 5.91 Å². The van der Waals surface area contributed by atoms with Crippen LogP contribution in [0.1, 0.15) is 56.3 Å². The number of likely N-dealkylation sites (tertiary alicyclic amines) is 1. The van der Waals surface area contributed by atoms with Crippen LogP contribution >= 0.6 is 0 Å². The monoisotopic (exact) mass is 373 g/mol. The SMILES string of the molecule is COC(=O)C(C)(C)C1CCCN(c2ncccc2C(=O)N2CCCCC2)C1. The first kappa shape index (κ1) is 19.6. The minimum atomic E-state index is -0.556. The first-order valence-corrected chi connectivity index (χ1v) is 10.0. The van der Waals surface area contributed by atoms with Crippen molar-refractivity contribution in [3.63, 3.8) is 0 Å². The maximum Gasteiger partial charge on any atom is 0.311 e. The molecule has 1 aromatic heterocycles. The van der Waals surface area contributed by atoms with Gasteiger partial charge in [-0.15, -0.1) is 0 Å². The van der Waals surface area contributed by atoms with Crippen LogP contribution in [-0.2, 0) is 9.53 Å². The fraction of sp³-hybridized carbons (Fsp3) is 0.667. The summed E-state index contributed by atoms with van der Waals surface area (Å²) < 4.78 is 5.02. The van der Waals surface area contributed by atoms with E-state index in [9.17, 15) is 9.59 Å². The highest BCUT2D eigenvalue weighted by Gasteiger charge is 2.40. The third kappa shape index (κ3) is 4.09. The summed E-state index contributed by atoms with van der Waals surface area (Å²) in [6, 6.07) is 3.72. The molecular weight excluding hydrogens is 342 g/mol. The summed E-state index contributed by atoms with van der Waals surface area (Å²) in [6.07, 6.45) is 7.03. The molecule has 0 spiro atoms. The summed E-state index contributed by atoms with van der Waals surface area (Å²) in [5.41, 5.74) is 0.120. The van der Waals surface area contributed by atoms with Crippen LogP contribution in [0.4, 0.5) is 5.82 Å². The quantitative estimate of drug-likeness (QED) is 0.759. The number of carbonyl (C=O) groups excluding carboxylic acids is 2. The summed E-state index contributed by atoms with van der Waals surface area (Å²) in [4.78, 5) is 34.0. The van der Waals surface area contributed by atoms with E-state index in [0.29, 0.717) is 12.1 Å². The van der Waals surface area contributed by atoms with Gasteiger partial charge in [-0.1, -0.05) is 0 Å². The number of hydrogen-bond donors (Lipinski definition) is 0. The zero-order chi connectivity index (χ0) is 19.4. The predicted molar refractivity (Wildman–Crippen MR) is 105 cm³/mol. The van der Waals surface area contributed by atoms with Crippen LogP contribution in [-0.4, -0.2) is 55.0 Å². The van der Waals surface area contributed by atoms with Gasteiger partial charge < -0.3 is 14.5 Å². The highest BCUT2D eigenvalue weighted by Crippen LogP contribution is 2.37. The zero-order valence-electron chi connectivity index (χ0n) is 16.7. The van der Waals surface area contributed by atoms with Crippen molar-refractivity contribution < 1.29 is 14.3 Å². The molecule has 0 aromatic carbocycles. The van der Waals surface area contributed by atoms with Gasteiger partial charge in [-0.2, -0.15) is 0 Å². The van der Waals surface area contributed by atoms with Crippen molar-refractivity contribution in [1.29, 1.82) is 0 Å². The van der Waals surface area contributed by atoms with Crippen LogP contribution in [0, 0.1) is 11.3 Å². The third-order valence-corrected chi connectivity index (χ3v) is 6.11. The van der Waals surface area contributed by atoms with E-state index >= 15 is 0 Å². The molecule has 2 saturated heterocycles. The average Bonchev–Trinajstić information content (AvgIpc) is 2.73. The van der Waals surface area contributed by atoms with Gasteiger partial charge in [0.05, 0.1) is 18.1 Å². The Morgan fingerprint density at radius 1 is 1.15 bits per heavy atom. The highest BCUT2D eigenvalue weighted by atomic mass is 16.5. The van der Waals surface area contributed by atoms with Gasteiger partial charge in [-0.05, 0) is 64.0 Å². The first-order valence-electron chi connectivity index (χ1n) is 10.0. The predicted octanol–water partition coefficient (Wildman–Crippen LogP) is 3.12. The lowest BCUT2D eigenvalue weighted by atomic mass is 9.74. The van der Waals surface area contributed by atoms with E-state index < -0.39 is 5.41 Å². The fourth-order valence-corrected chi connectivity index (χ4v) is 4.27. The Balaban J connectivity index is 1.82. The van der Waals surface area contributed by atoms with Crippen LogP contribution in [0.15, 0.2) is 18.3 Å². The molecule has 2 fully saturated rings. The second-order valence-corrected chi connectivity index (χ2v) is 8.23. The maximum absolute atomic E-state index is 13.1. The number of amides is 1. The molecule has 3 heterocycles. The topological polar surface area (TPSA) is 62.7 Å².